The highest BCUT2D eigenvalue weighted by Gasteiger charge is 2.22. The fourth-order valence-electron chi connectivity index (χ4n) is 2.51. The Morgan fingerprint density at radius 3 is 2.50 bits per heavy atom. The number of ether oxygens (including phenoxy) is 1. The standard InChI is InChI=1S/C19H18N2O3/c1-2-24-19(23)14-8-10-15(11-9-14)20-16-12-18(22)21(13-16)17-6-4-3-5-7-17/h3-12,20H,2,13H2,1H3. The van der Waals surface area contributed by atoms with Crippen LogP contribution < -0.4 is 10.2 Å². The average Bonchev–Trinajstić information content (AvgIpc) is 2.97. The Labute approximate surface area is 140 Å². The minimum absolute atomic E-state index is 0.0492. The minimum atomic E-state index is -0.338. The van der Waals surface area contributed by atoms with Gasteiger partial charge in [-0.1, -0.05) is 18.2 Å². The third-order valence-electron chi connectivity index (χ3n) is 3.66. The predicted octanol–water partition coefficient (Wildman–Crippen LogP) is 3.21. The van der Waals surface area contributed by atoms with Crippen molar-refractivity contribution >= 4 is 23.3 Å². The van der Waals surface area contributed by atoms with Gasteiger partial charge in [-0.2, -0.15) is 0 Å². The summed E-state index contributed by atoms with van der Waals surface area (Å²) in [5.74, 6) is -0.388. The van der Waals surface area contributed by atoms with E-state index in [0.29, 0.717) is 18.7 Å². The molecule has 0 aromatic heterocycles. The molecule has 5 heteroatoms. The molecule has 0 spiro atoms. The summed E-state index contributed by atoms with van der Waals surface area (Å²) in [5, 5.41) is 3.22. The number of rotatable bonds is 5. The molecule has 5 nitrogen and oxygen atoms in total. The first-order chi connectivity index (χ1) is 11.7. The molecule has 122 valence electrons. The van der Waals surface area contributed by atoms with Gasteiger partial charge in [0.1, 0.15) is 0 Å². The van der Waals surface area contributed by atoms with Crippen molar-refractivity contribution < 1.29 is 14.3 Å². The average molecular weight is 322 g/mol. The lowest BCUT2D eigenvalue weighted by atomic mass is 10.2. The molecule has 1 amide bonds. The number of benzene rings is 2. The fraction of sp³-hybridized carbons (Fsp3) is 0.158. The van der Waals surface area contributed by atoms with Crippen LogP contribution in [0.4, 0.5) is 11.4 Å². The maximum absolute atomic E-state index is 12.1. The number of esters is 1. The number of nitrogens with zero attached hydrogens (tertiary/aromatic N) is 1. The molecule has 2 aromatic rings. The molecule has 3 rings (SSSR count). The van der Waals surface area contributed by atoms with Crippen molar-refractivity contribution in [1.29, 1.82) is 0 Å². The lowest BCUT2D eigenvalue weighted by Gasteiger charge is -2.17. The van der Waals surface area contributed by atoms with Crippen molar-refractivity contribution in [1.82, 2.24) is 0 Å². The van der Waals surface area contributed by atoms with Gasteiger partial charge in [-0.05, 0) is 43.3 Å². The van der Waals surface area contributed by atoms with Crippen LogP contribution in [0.15, 0.2) is 66.4 Å². The number of carbonyl (C=O) groups excluding carboxylic acids is 2. The summed E-state index contributed by atoms with van der Waals surface area (Å²) in [5.41, 5.74) is 3.00. The molecule has 1 aliphatic rings. The molecule has 0 aliphatic carbocycles. The van der Waals surface area contributed by atoms with Crippen LogP contribution in [-0.4, -0.2) is 25.0 Å². The summed E-state index contributed by atoms with van der Waals surface area (Å²) in [6, 6.07) is 16.5. The van der Waals surface area contributed by atoms with Crippen molar-refractivity contribution in [2.75, 3.05) is 23.4 Å². The second kappa shape index (κ2) is 7.00. The van der Waals surface area contributed by atoms with Gasteiger partial charge < -0.3 is 15.0 Å². The first-order valence-corrected chi connectivity index (χ1v) is 7.78. The lowest BCUT2D eigenvalue weighted by Crippen LogP contribution is -2.25. The van der Waals surface area contributed by atoms with Crippen molar-refractivity contribution in [2.45, 2.75) is 6.92 Å². The highest BCUT2D eigenvalue weighted by Crippen LogP contribution is 2.22. The molecule has 0 saturated carbocycles. The molecular weight excluding hydrogens is 304 g/mol. The molecule has 0 bridgehead atoms. The number of amides is 1. The van der Waals surface area contributed by atoms with E-state index in [-0.39, 0.29) is 11.9 Å². The Kier molecular flexibility index (Phi) is 4.61. The summed E-state index contributed by atoms with van der Waals surface area (Å²) in [4.78, 5) is 25.5. The smallest absolute Gasteiger partial charge is 0.338 e. The Morgan fingerprint density at radius 2 is 1.83 bits per heavy atom. The van der Waals surface area contributed by atoms with Crippen LogP contribution in [0.3, 0.4) is 0 Å². The van der Waals surface area contributed by atoms with Crippen molar-refractivity contribution in [2.24, 2.45) is 0 Å². The first-order valence-electron chi connectivity index (χ1n) is 7.78. The van der Waals surface area contributed by atoms with Crippen LogP contribution in [0.25, 0.3) is 0 Å². The van der Waals surface area contributed by atoms with Crippen molar-refractivity contribution in [3.05, 3.63) is 71.9 Å². The van der Waals surface area contributed by atoms with Crippen molar-refractivity contribution in [3.8, 4) is 0 Å². The fourth-order valence-corrected chi connectivity index (χ4v) is 2.51. The van der Waals surface area contributed by atoms with E-state index >= 15 is 0 Å². The second-order valence-electron chi connectivity index (χ2n) is 5.35. The van der Waals surface area contributed by atoms with Crippen LogP contribution in [0.1, 0.15) is 17.3 Å². The van der Waals surface area contributed by atoms with Gasteiger partial charge in [0, 0.05) is 23.1 Å². The zero-order valence-electron chi connectivity index (χ0n) is 13.4. The van der Waals surface area contributed by atoms with E-state index in [0.717, 1.165) is 17.1 Å². The highest BCUT2D eigenvalue weighted by atomic mass is 16.5. The minimum Gasteiger partial charge on any atom is -0.462 e. The van der Waals surface area contributed by atoms with Crippen LogP contribution in [0, 0.1) is 0 Å². The van der Waals surface area contributed by atoms with Gasteiger partial charge in [0.15, 0.2) is 0 Å². The lowest BCUT2D eigenvalue weighted by molar-refractivity contribution is -0.113. The number of hydrogen-bond acceptors (Lipinski definition) is 4. The van der Waals surface area contributed by atoms with Crippen LogP contribution >= 0.6 is 0 Å². The number of hydrogen-bond donors (Lipinski definition) is 1. The molecule has 0 unspecified atom stereocenters. The summed E-state index contributed by atoms with van der Waals surface area (Å²) in [6.45, 7) is 2.61. The van der Waals surface area contributed by atoms with E-state index in [1.165, 1.54) is 0 Å². The third kappa shape index (κ3) is 3.46. The third-order valence-corrected chi connectivity index (χ3v) is 3.66. The zero-order chi connectivity index (χ0) is 16.9. The van der Waals surface area contributed by atoms with E-state index in [2.05, 4.69) is 5.32 Å². The number of para-hydroxylation sites is 1. The van der Waals surface area contributed by atoms with E-state index in [1.807, 2.05) is 30.3 Å². The Balaban J connectivity index is 1.66. The van der Waals surface area contributed by atoms with Crippen molar-refractivity contribution in [3.63, 3.8) is 0 Å². The quantitative estimate of drug-likeness (QED) is 0.859. The summed E-state index contributed by atoms with van der Waals surface area (Å²) < 4.78 is 4.96. The van der Waals surface area contributed by atoms with E-state index in [4.69, 9.17) is 4.74 Å². The van der Waals surface area contributed by atoms with Gasteiger partial charge in [0.25, 0.3) is 5.91 Å². The molecule has 0 saturated heterocycles. The number of anilines is 2. The van der Waals surface area contributed by atoms with E-state index in [9.17, 15) is 9.59 Å². The SMILES string of the molecule is CCOC(=O)c1ccc(NC2=CC(=O)N(c3ccccc3)C2)cc1. The number of carbonyl (C=O) groups is 2. The molecule has 24 heavy (non-hydrogen) atoms. The van der Waals surface area contributed by atoms with Gasteiger partial charge in [0.2, 0.25) is 0 Å². The van der Waals surface area contributed by atoms with Crippen LogP contribution in [0.2, 0.25) is 0 Å². The second-order valence-corrected chi connectivity index (χ2v) is 5.35. The largest absolute Gasteiger partial charge is 0.462 e. The molecule has 1 N–H and O–H groups in total. The highest BCUT2D eigenvalue weighted by molar-refractivity contribution is 6.05. The zero-order valence-corrected chi connectivity index (χ0v) is 13.4. The van der Waals surface area contributed by atoms with Gasteiger partial charge in [-0.15, -0.1) is 0 Å². The molecule has 0 fully saturated rings. The molecule has 0 radical (unpaired) electrons. The molecular formula is C19H18N2O3. The maximum atomic E-state index is 12.1. The molecule has 1 heterocycles. The van der Waals surface area contributed by atoms with Gasteiger partial charge in [-0.25, -0.2) is 4.79 Å². The Hall–Kier alpha value is -3.08. The normalized spacial score (nSPS) is 13.6. The number of nitrogens with one attached hydrogen (secondary N) is 1. The first kappa shape index (κ1) is 15.8. The summed E-state index contributed by atoms with van der Waals surface area (Å²) in [7, 11) is 0. The summed E-state index contributed by atoms with van der Waals surface area (Å²) in [6.07, 6.45) is 1.59. The van der Waals surface area contributed by atoms with E-state index < -0.39 is 0 Å². The molecule has 1 aliphatic heterocycles. The maximum Gasteiger partial charge on any atom is 0.338 e. The van der Waals surface area contributed by atoms with E-state index in [1.54, 1.807) is 42.2 Å². The van der Waals surface area contributed by atoms with Gasteiger partial charge >= 0.3 is 5.97 Å². The van der Waals surface area contributed by atoms with Crippen LogP contribution in [-0.2, 0) is 9.53 Å². The monoisotopic (exact) mass is 322 g/mol. The topological polar surface area (TPSA) is 58.6 Å². The van der Waals surface area contributed by atoms with Gasteiger partial charge in [-0.3, -0.25) is 4.79 Å². The predicted molar refractivity (Wildman–Crippen MR) is 92.9 cm³/mol. The molecule has 0 atom stereocenters. The van der Waals surface area contributed by atoms with Crippen LogP contribution in [0.5, 0.6) is 0 Å². The Morgan fingerprint density at radius 1 is 1.12 bits per heavy atom. The summed E-state index contributed by atoms with van der Waals surface area (Å²) >= 11 is 0. The molecule has 2 aromatic carbocycles. The van der Waals surface area contributed by atoms with Gasteiger partial charge in [0.05, 0.1) is 18.7 Å². The Bertz CT molecular complexity index is 767.